The smallest absolute Gasteiger partial charge is 0.134 e. The number of benzene rings is 3. The van der Waals surface area contributed by atoms with E-state index in [4.69, 9.17) is 4.42 Å². The van der Waals surface area contributed by atoms with Gasteiger partial charge in [-0.25, -0.2) is 0 Å². The van der Waals surface area contributed by atoms with E-state index in [2.05, 4.69) is 76.6 Å². The minimum atomic E-state index is 0.914. The van der Waals surface area contributed by atoms with Crippen LogP contribution in [-0.4, -0.2) is 0 Å². The van der Waals surface area contributed by atoms with Gasteiger partial charge in [-0.2, -0.15) is 0 Å². The van der Waals surface area contributed by atoms with Gasteiger partial charge in [0.1, 0.15) is 5.58 Å². The van der Waals surface area contributed by atoms with E-state index >= 15 is 0 Å². The number of hydrogen-bond donors (Lipinski definition) is 0. The summed E-state index contributed by atoms with van der Waals surface area (Å²) in [5.74, 6) is 0. The lowest BCUT2D eigenvalue weighted by Crippen LogP contribution is -1.79. The largest absolute Gasteiger partial charge is 0.464 e. The molecule has 0 unspecified atom stereocenters. The Bertz CT molecular complexity index is 921. The van der Waals surface area contributed by atoms with Gasteiger partial charge < -0.3 is 4.42 Å². The molecular formula is C20H13BrO. The van der Waals surface area contributed by atoms with Crippen LogP contribution in [-0.2, 0) is 0 Å². The highest BCUT2D eigenvalue weighted by atomic mass is 79.9. The second-order valence-corrected chi connectivity index (χ2v) is 6.15. The molecule has 4 rings (SSSR count). The van der Waals surface area contributed by atoms with Gasteiger partial charge in [0, 0.05) is 15.4 Å². The summed E-state index contributed by atoms with van der Waals surface area (Å²) >= 11 is 3.48. The van der Waals surface area contributed by atoms with Crippen molar-refractivity contribution in [2.45, 2.75) is 0 Å². The highest BCUT2D eigenvalue weighted by molar-refractivity contribution is 9.10. The fourth-order valence-electron chi connectivity index (χ4n) is 2.69. The molecule has 0 saturated heterocycles. The van der Waals surface area contributed by atoms with Crippen molar-refractivity contribution in [3.8, 4) is 22.3 Å². The van der Waals surface area contributed by atoms with Gasteiger partial charge in [-0.05, 0) is 41.0 Å². The quantitative estimate of drug-likeness (QED) is 0.401. The summed E-state index contributed by atoms with van der Waals surface area (Å²) in [6.45, 7) is 0. The predicted molar refractivity (Wildman–Crippen MR) is 94.8 cm³/mol. The Morgan fingerprint density at radius 1 is 0.682 bits per heavy atom. The van der Waals surface area contributed by atoms with Crippen molar-refractivity contribution in [1.82, 2.24) is 0 Å². The van der Waals surface area contributed by atoms with Crippen molar-refractivity contribution < 1.29 is 4.42 Å². The van der Waals surface area contributed by atoms with Crippen LogP contribution in [0.2, 0.25) is 0 Å². The Labute approximate surface area is 137 Å². The predicted octanol–water partition coefficient (Wildman–Crippen LogP) is 6.53. The molecule has 0 bridgehead atoms. The Kier molecular flexibility index (Phi) is 3.32. The molecule has 0 atom stereocenters. The third-order valence-corrected chi connectivity index (χ3v) is 4.36. The van der Waals surface area contributed by atoms with Gasteiger partial charge in [0.15, 0.2) is 0 Å². The second kappa shape index (κ2) is 5.47. The highest BCUT2D eigenvalue weighted by Crippen LogP contribution is 2.34. The first-order chi connectivity index (χ1) is 10.8. The fourth-order valence-corrected chi connectivity index (χ4v) is 2.96. The van der Waals surface area contributed by atoms with Crippen LogP contribution in [0.4, 0.5) is 0 Å². The van der Waals surface area contributed by atoms with E-state index in [0.29, 0.717) is 0 Å². The fraction of sp³-hybridized carbons (Fsp3) is 0. The molecule has 106 valence electrons. The third-order valence-electron chi connectivity index (χ3n) is 3.84. The number of fused-ring (bicyclic) bond motifs is 1. The van der Waals surface area contributed by atoms with Crippen LogP contribution in [0.3, 0.4) is 0 Å². The van der Waals surface area contributed by atoms with Gasteiger partial charge in [-0.3, -0.25) is 0 Å². The molecule has 22 heavy (non-hydrogen) atoms. The lowest BCUT2D eigenvalue weighted by Gasteiger charge is -2.03. The van der Waals surface area contributed by atoms with Crippen LogP contribution >= 0.6 is 15.9 Å². The molecule has 0 fully saturated rings. The first kappa shape index (κ1) is 13.4. The molecule has 0 saturated carbocycles. The van der Waals surface area contributed by atoms with E-state index in [1.54, 1.807) is 0 Å². The molecule has 3 aromatic carbocycles. The standard InChI is InChI=1S/C20H13BrO/c21-17-9-6-15(7-10-17)19-13-22-20-11-8-16(12-18(19)20)14-4-2-1-3-5-14/h1-13H. The molecule has 0 aliphatic rings. The molecule has 0 amide bonds. The number of hydrogen-bond acceptors (Lipinski definition) is 1. The van der Waals surface area contributed by atoms with Crippen molar-refractivity contribution >= 4 is 26.9 Å². The van der Waals surface area contributed by atoms with Gasteiger partial charge in [0.05, 0.1) is 6.26 Å². The van der Waals surface area contributed by atoms with Crippen LogP contribution in [0.15, 0.2) is 87.9 Å². The molecule has 1 nitrogen and oxygen atoms in total. The summed E-state index contributed by atoms with van der Waals surface area (Å²) in [4.78, 5) is 0. The molecule has 0 N–H and O–H groups in total. The van der Waals surface area contributed by atoms with Crippen LogP contribution in [0.25, 0.3) is 33.2 Å². The highest BCUT2D eigenvalue weighted by Gasteiger charge is 2.09. The third kappa shape index (κ3) is 2.36. The molecule has 0 aliphatic carbocycles. The molecule has 1 heterocycles. The molecule has 0 radical (unpaired) electrons. The zero-order valence-corrected chi connectivity index (χ0v) is 13.4. The van der Waals surface area contributed by atoms with E-state index in [9.17, 15) is 0 Å². The van der Waals surface area contributed by atoms with Crippen LogP contribution in [0, 0.1) is 0 Å². The molecule has 0 aliphatic heterocycles. The van der Waals surface area contributed by atoms with Crippen molar-refractivity contribution in [3.05, 3.63) is 83.5 Å². The van der Waals surface area contributed by atoms with Gasteiger partial charge in [-0.15, -0.1) is 0 Å². The summed E-state index contributed by atoms with van der Waals surface area (Å²) in [7, 11) is 0. The van der Waals surface area contributed by atoms with Gasteiger partial charge in [0.25, 0.3) is 0 Å². The minimum Gasteiger partial charge on any atom is -0.464 e. The average molecular weight is 349 g/mol. The molecule has 2 heteroatoms. The van der Waals surface area contributed by atoms with Crippen molar-refractivity contribution in [3.63, 3.8) is 0 Å². The van der Waals surface area contributed by atoms with Crippen molar-refractivity contribution in [2.75, 3.05) is 0 Å². The zero-order chi connectivity index (χ0) is 14.9. The van der Waals surface area contributed by atoms with E-state index in [0.717, 1.165) is 26.6 Å². The first-order valence-electron chi connectivity index (χ1n) is 7.14. The van der Waals surface area contributed by atoms with Crippen molar-refractivity contribution in [1.29, 1.82) is 0 Å². The van der Waals surface area contributed by atoms with Crippen LogP contribution < -0.4 is 0 Å². The lowest BCUT2D eigenvalue weighted by atomic mass is 10.00. The van der Waals surface area contributed by atoms with Crippen LogP contribution in [0.1, 0.15) is 0 Å². The van der Waals surface area contributed by atoms with E-state index in [1.165, 1.54) is 11.1 Å². The Morgan fingerprint density at radius 2 is 1.41 bits per heavy atom. The summed E-state index contributed by atoms with van der Waals surface area (Å²) in [5.41, 5.74) is 5.62. The number of halogens is 1. The van der Waals surface area contributed by atoms with Gasteiger partial charge >= 0.3 is 0 Å². The number of furan rings is 1. The number of rotatable bonds is 2. The van der Waals surface area contributed by atoms with E-state index in [-0.39, 0.29) is 0 Å². The Morgan fingerprint density at radius 3 is 2.18 bits per heavy atom. The van der Waals surface area contributed by atoms with Gasteiger partial charge in [0.2, 0.25) is 0 Å². The minimum absolute atomic E-state index is 0.914. The Balaban J connectivity index is 1.88. The Hall–Kier alpha value is -2.32. The summed E-state index contributed by atoms with van der Waals surface area (Å²) in [6.07, 6.45) is 1.84. The lowest BCUT2D eigenvalue weighted by molar-refractivity contribution is 0.617. The second-order valence-electron chi connectivity index (χ2n) is 5.23. The summed E-state index contributed by atoms with van der Waals surface area (Å²) < 4.78 is 6.79. The van der Waals surface area contributed by atoms with E-state index in [1.807, 2.05) is 18.4 Å². The van der Waals surface area contributed by atoms with E-state index < -0.39 is 0 Å². The van der Waals surface area contributed by atoms with Crippen LogP contribution in [0.5, 0.6) is 0 Å². The zero-order valence-electron chi connectivity index (χ0n) is 11.8. The first-order valence-corrected chi connectivity index (χ1v) is 7.93. The maximum absolute atomic E-state index is 5.71. The molecular weight excluding hydrogens is 336 g/mol. The summed E-state index contributed by atoms with van der Waals surface area (Å²) in [5, 5.41) is 1.14. The topological polar surface area (TPSA) is 13.1 Å². The maximum Gasteiger partial charge on any atom is 0.134 e. The SMILES string of the molecule is Brc1ccc(-c2coc3ccc(-c4ccccc4)cc23)cc1. The normalized spacial score (nSPS) is 11.0. The molecule has 1 aromatic heterocycles. The molecule has 4 aromatic rings. The average Bonchev–Trinajstić information content (AvgIpc) is 2.99. The monoisotopic (exact) mass is 348 g/mol. The maximum atomic E-state index is 5.71. The van der Waals surface area contributed by atoms with Crippen molar-refractivity contribution in [2.24, 2.45) is 0 Å². The van der Waals surface area contributed by atoms with Gasteiger partial charge in [-0.1, -0.05) is 64.5 Å². The summed E-state index contributed by atoms with van der Waals surface area (Å²) in [6, 6.07) is 25.1. The molecule has 0 spiro atoms.